The maximum absolute atomic E-state index is 12.0. The lowest BCUT2D eigenvalue weighted by atomic mass is 10.0. The summed E-state index contributed by atoms with van der Waals surface area (Å²) < 4.78 is 0. The minimum atomic E-state index is -1.10. The first-order valence-corrected chi connectivity index (χ1v) is 10.6. The van der Waals surface area contributed by atoms with Crippen LogP contribution in [-0.4, -0.2) is 35.7 Å². The van der Waals surface area contributed by atoms with Crippen LogP contribution in [0.25, 0.3) is 10.8 Å². The van der Waals surface area contributed by atoms with Gasteiger partial charge in [-0.05, 0) is 36.1 Å². The number of rotatable bonds is 9. The molecule has 1 atom stereocenters. The molecule has 4 aromatic rings. The largest absolute Gasteiger partial charge is 0.480 e. The van der Waals surface area contributed by atoms with E-state index >= 15 is 0 Å². The summed E-state index contributed by atoms with van der Waals surface area (Å²) in [5.41, 5.74) is 0.613. The van der Waals surface area contributed by atoms with Crippen LogP contribution in [0, 0.1) is 0 Å². The third-order valence-electron chi connectivity index (χ3n) is 5.69. The zero-order valence-corrected chi connectivity index (χ0v) is 18.3. The van der Waals surface area contributed by atoms with Gasteiger partial charge in [-0.25, -0.2) is 9.78 Å². The molecule has 8 nitrogen and oxygen atoms in total. The van der Waals surface area contributed by atoms with Crippen LogP contribution in [0.2, 0.25) is 0 Å². The van der Waals surface area contributed by atoms with E-state index in [1.54, 1.807) is 18.1 Å². The van der Waals surface area contributed by atoms with Crippen LogP contribution in [0.5, 0.6) is 0 Å². The summed E-state index contributed by atoms with van der Waals surface area (Å²) in [6.07, 6.45) is 1.89. The Labute approximate surface area is 190 Å². The Morgan fingerprint density at radius 3 is 2.48 bits per heavy atom. The Hall–Kier alpha value is -4.20. The van der Waals surface area contributed by atoms with Crippen molar-refractivity contribution in [3.8, 4) is 0 Å². The lowest BCUT2D eigenvalue weighted by Crippen LogP contribution is -2.44. The van der Waals surface area contributed by atoms with Gasteiger partial charge in [-0.2, -0.15) is 0 Å². The molecule has 0 radical (unpaired) electrons. The number of pyridine rings is 1. The van der Waals surface area contributed by atoms with Crippen LogP contribution in [0.4, 0.5) is 22.9 Å². The van der Waals surface area contributed by atoms with E-state index in [-0.39, 0.29) is 17.8 Å². The van der Waals surface area contributed by atoms with Gasteiger partial charge in [0, 0.05) is 37.3 Å². The van der Waals surface area contributed by atoms with Gasteiger partial charge in [0.25, 0.3) is 10.9 Å². The Morgan fingerprint density at radius 2 is 1.79 bits per heavy atom. The van der Waals surface area contributed by atoms with Crippen molar-refractivity contribution in [3.63, 3.8) is 0 Å². The molecular weight excluding hydrogens is 420 g/mol. The summed E-state index contributed by atoms with van der Waals surface area (Å²) in [5, 5.41) is 17.8. The van der Waals surface area contributed by atoms with Crippen LogP contribution in [-0.2, 0) is 11.2 Å². The Kier molecular flexibility index (Phi) is 6.08. The van der Waals surface area contributed by atoms with E-state index < -0.39 is 22.9 Å². The number of carbonyl (C=O) groups is 1. The molecule has 4 rings (SSSR count). The summed E-state index contributed by atoms with van der Waals surface area (Å²) in [5.74, 6) is -0.367. The molecular formula is C25H24N4O4. The van der Waals surface area contributed by atoms with E-state index in [1.165, 1.54) is 0 Å². The monoisotopic (exact) mass is 444 g/mol. The van der Waals surface area contributed by atoms with E-state index in [1.807, 2.05) is 61.5 Å². The zero-order valence-electron chi connectivity index (χ0n) is 18.3. The minimum Gasteiger partial charge on any atom is -0.480 e. The van der Waals surface area contributed by atoms with Crippen molar-refractivity contribution in [2.24, 2.45) is 0 Å². The second kappa shape index (κ2) is 9.12. The fourth-order valence-electron chi connectivity index (χ4n) is 3.73. The highest BCUT2D eigenvalue weighted by molar-refractivity contribution is 5.93. The smallest absolute Gasteiger partial charge is 0.326 e. The number of fused-ring (bicyclic) bond motifs is 1. The van der Waals surface area contributed by atoms with Crippen LogP contribution in [0.15, 0.2) is 70.4 Å². The summed E-state index contributed by atoms with van der Waals surface area (Å²) >= 11 is 0. The molecule has 0 aliphatic heterocycles. The highest BCUT2D eigenvalue weighted by atomic mass is 16.4. The lowest BCUT2D eigenvalue weighted by Gasteiger charge is -2.24. The highest BCUT2D eigenvalue weighted by Crippen LogP contribution is 2.25. The van der Waals surface area contributed by atoms with Gasteiger partial charge in [0.15, 0.2) is 0 Å². The van der Waals surface area contributed by atoms with Crippen LogP contribution >= 0.6 is 0 Å². The van der Waals surface area contributed by atoms with E-state index in [0.29, 0.717) is 6.54 Å². The molecule has 1 unspecified atom stereocenters. The number of aromatic nitrogens is 1. The first-order valence-electron chi connectivity index (χ1n) is 10.6. The predicted octanol–water partition coefficient (Wildman–Crippen LogP) is 3.14. The summed E-state index contributed by atoms with van der Waals surface area (Å²) in [6, 6.07) is 16.2. The third kappa shape index (κ3) is 4.41. The molecule has 3 N–H and O–H groups in total. The van der Waals surface area contributed by atoms with E-state index in [0.717, 1.165) is 27.8 Å². The average molecular weight is 444 g/mol. The first kappa shape index (κ1) is 22.0. The number of carboxylic acid groups (broad SMARTS) is 1. The molecule has 1 heterocycles. The Bertz CT molecular complexity index is 1370. The number of hydrogen-bond acceptors (Lipinski definition) is 7. The zero-order chi connectivity index (χ0) is 23.5. The molecule has 168 valence electrons. The van der Waals surface area contributed by atoms with Crippen molar-refractivity contribution in [2.45, 2.75) is 19.4 Å². The van der Waals surface area contributed by atoms with Crippen molar-refractivity contribution < 1.29 is 9.90 Å². The van der Waals surface area contributed by atoms with Gasteiger partial charge in [-0.15, -0.1) is 0 Å². The van der Waals surface area contributed by atoms with Gasteiger partial charge in [-0.3, -0.25) is 9.59 Å². The van der Waals surface area contributed by atoms with Gasteiger partial charge >= 0.3 is 5.97 Å². The van der Waals surface area contributed by atoms with Crippen molar-refractivity contribution in [2.75, 3.05) is 29.1 Å². The standard InChI is InChI=1S/C25H24N4O4/c1-3-29(2)21-20(22(30)23(21)31)28-19(25(32)33)14-15-8-10-17(11-9-15)27-24-18-7-5-4-6-16(18)12-13-26-24/h4-13,19,28H,3,14H2,1-2H3,(H,26,27)(H,32,33). The number of benzene rings is 2. The quantitative estimate of drug-likeness (QED) is 0.338. The van der Waals surface area contributed by atoms with Gasteiger partial charge < -0.3 is 20.6 Å². The second-order valence-corrected chi connectivity index (χ2v) is 7.84. The second-order valence-electron chi connectivity index (χ2n) is 7.84. The van der Waals surface area contributed by atoms with E-state index in [4.69, 9.17) is 0 Å². The molecule has 0 spiro atoms. The predicted molar refractivity (Wildman–Crippen MR) is 131 cm³/mol. The number of carboxylic acids is 1. The fourth-order valence-corrected chi connectivity index (χ4v) is 3.73. The number of hydrogen-bond donors (Lipinski definition) is 3. The molecule has 33 heavy (non-hydrogen) atoms. The molecule has 3 aromatic carbocycles. The first-order chi connectivity index (χ1) is 15.9. The van der Waals surface area contributed by atoms with Crippen molar-refractivity contribution in [1.82, 2.24) is 4.98 Å². The number of nitrogens with one attached hydrogen (secondary N) is 2. The van der Waals surface area contributed by atoms with E-state index in [2.05, 4.69) is 15.6 Å². The van der Waals surface area contributed by atoms with E-state index in [9.17, 15) is 19.5 Å². The number of nitrogens with zero attached hydrogens (tertiary/aromatic N) is 2. The topological polar surface area (TPSA) is 112 Å². The minimum absolute atomic E-state index is 0.0667. The Morgan fingerprint density at radius 1 is 1.06 bits per heavy atom. The summed E-state index contributed by atoms with van der Waals surface area (Å²) in [6.45, 7) is 2.37. The fraction of sp³-hybridized carbons (Fsp3) is 0.200. The molecule has 0 aliphatic carbocycles. The number of anilines is 4. The maximum Gasteiger partial charge on any atom is 0.326 e. The van der Waals surface area contributed by atoms with Crippen LogP contribution < -0.4 is 26.4 Å². The third-order valence-corrected chi connectivity index (χ3v) is 5.69. The molecule has 0 bridgehead atoms. The summed E-state index contributed by atoms with van der Waals surface area (Å²) in [4.78, 5) is 41.8. The molecule has 0 fully saturated rings. The molecule has 0 amide bonds. The Balaban J connectivity index is 1.49. The van der Waals surface area contributed by atoms with Crippen LogP contribution in [0.1, 0.15) is 12.5 Å². The normalized spacial score (nSPS) is 11.9. The van der Waals surface area contributed by atoms with Crippen molar-refractivity contribution >= 4 is 39.6 Å². The van der Waals surface area contributed by atoms with Gasteiger partial charge in [0.2, 0.25) is 0 Å². The van der Waals surface area contributed by atoms with Crippen molar-refractivity contribution in [1.29, 1.82) is 0 Å². The molecule has 0 saturated heterocycles. The number of aliphatic carboxylic acids is 1. The SMILES string of the molecule is CCN(C)c1c(NC(Cc2ccc(Nc3nccc4ccccc34)cc2)C(=O)O)c(=O)c1=O. The molecule has 0 aliphatic rings. The average Bonchev–Trinajstić information content (AvgIpc) is 2.83. The van der Waals surface area contributed by atoms with Gasteiger partial charge in [-0.1, -0.05) is 36.4 Å². The highest BCUT2D eigenvalue weighted by Gasteiger charge is 2.28. The molecule has 1 aromatic heterocycles. The summed E-state index contributed by atoms with van der Waals surface area (Å²) in [7, 11) is 1.69. The van der Waals surface area contributed by atoms with Crippen LogP contribution in [0.3, 0.4) is 0 Å². The van der Waals surface area contributed by atoms with Crippen molar-refractivity contribution in [3.05, 3.63) is 86.8 Å². The lowest BCUT2D eigenvalue weighted by molar-refractivity contribution is -0.137. The van der Waals surface area contributed by atoms with Gasteiger partial charge in [0.1, 0.15) is 23.2 Å². The molecule has 8 heteroatoms. The molecule has 0 saturated carbocycles. The maximum atomic E-state index is 12.0. The van der Waals surface area contributed by atoms with Gasteiger partial charge in [0.05, 0.1) is 0 Å².